The fraction of sp³-hybridized carbons (Fsp3) is 0.556. The Balaban J connectivity index is 3.20. The van der Waals surface area contributed by atoms with Gasteiger partial charge in [0.05, 0.1) is 6.61 Å². The van der Waals surface area contributed by atoms with Gasteiger partial charge in [0.15, 0.2) is 9.84 Å². The van der Waals surface area contributed by atoms with Gasteiger partial charge in [0.2, 0.25) is 11.6 Å². The molecule has 96 valence electrons. The molecular weight excluding hydrogens is 250 g/mol. The number of ether oxygens (including phenoxy) is 1. The summed E-state index contributed by atoms with van der Waals surface area (Å²) >= 11 is 0. The first-order chi connectivity index (χ1) is 7.77. The zero-order chi connectivity index (χ0) is 13.2. The molecule has 1 rings (SSSR count). The SMILES string of the molecule is CCOc1oc(C(C)S(C)(=O)=O)nc1C(=O)O. The molecule has 0 bridgehead atoms. The second-order valence-electron chi connectivity index (χ2n) is 3.40. The zero-order valence-corrected chi connectivity index (χ0v) is 10.4. The van der Waals surface area contributed by atoms with Crippen molar-refractivity contribution in [2.45, 2.75) is 19.1 Å². The van der Waals surface area contributed by atoms with Crippen molar-refractivity contribution >= 4 is 15.8 Å². The Labute approximate surface area is 98.3 Å². The Morgan fingerprint density at radius 3 is 2.59 bits per heavy atom. The van der Waals surface area contributed by atoms with Crippen LogP contribution in [0.2, 0.25) is 0 Å². The quantitative estimate of drug-likeness (QED) is 0.840. The molecular formula is C9H13NO6S. The lowest BCUT2D eigenvalue weighted by Gasteiger charge is -2.03. The third kappa shape index (κ3) is 2.96. The molecule has 8 heteroatoms. The van der Waals surface area contributed by atoms with Crippen molar-refractivity contribution in [2.75, 3.05) is 12.9 Å². The average Bonchev–Trinajstić information content (AvgIpc) is 2.60. The molecule has 1 aromatic heterocycles. The van der Waals surface area contributed by atoms with Gasteiger partial charge in [-0.1, -0.05) is 0 Å². The fourth-order valence-electron chi connectivity index (χ4n) is 1.04. The van der Waals surface area contributed by atoms with Crippen LogP contribution in [0.3, 0.4) is 0 Å². The largest absolute Gasteiger partial charge is 0.476 e. The highest BCUT2D eigenvalue weighted by Gasteiger charge is 2.28. The van der Waals surface area contributed by atoms with E-state index < -0.39 is 26.8 Å². The lowest BCUT2D eigenvalue weighted by molar-refractivity contribution is 0.0683. The monoisotopic (exact) mass is 263 g/mol. The van der Waals surface area contributed by atoms with E-state index in [0.717, 1.165) is 6.26 Å². The van der Waals surface area contributed by atoms with Gasteiger partial charge in [-0.05, 0) is 13.8 Å². The lowest BCUT2D eigenvalue weighted by Crippen LogP contribution is -2.08. The van der Waals surface area contributed by atoms with Gasteiger partial charge in [-0.2, -0.15) is 0 Å². The average molecular weight is 263 g/mol. The molecule has 1 aromatic rings. The molecule has 1 atom stereocenters. The molecule has 0 radical (unpaired) electrons. The van der Waals surface area contributed by atoms with Crippen LogP contribution in [0.5, 0.6) is 5.95 Å². The Morgan fingerprint density at radius 1 is 1.59 bits per heavy atom. The van der Waals surface area contributed by atoms with Crippen LogP contribution in [0.1, 0.15) is 35.5 Å². The zero-order valence-electron chi connectivity index (χ0n) is 9.63. The second-order valence-corrected chi connectivity index (χ2v) is 5.76. The van der Waals surface area contributed by atoms with Gasteiger partial charge < -0.3 is 14.3 Å². The maximum Gasteiger partial charge on any atom is 0.362 e. The number of sulfone groups is 1. The number of carboxylic acid groups (broad SMARTS) is 1. The van der Waals surface area contributed by atoms with E-state index in [-0.39, 0.29) is 18.4 Å². The first-order valence-electron chi connectivity index (χ1n) is 4.83. The van der Waals surface area contributed by atoms with Gasteiger partial charge >= 0.3 is 11.9 Å². The second kappa shape index (κ2) is 4.74. The van der Waals surface area contributed by atoms with Gasteiger partial charge in [-0.15, -0.1) is 0 Å². The van der Waals surface area contributed by atoms with Crippen LogP contribution in [0.4, 0.5) is 0 Å². The van der Waals surface area contributed by atoms with Crippen LogP contribution in [-0.4, -0.2) is 37.3 Å². The number of oxazole rings is 1. The van der Waals surface area contributed by atoms with Gasteiger partial charge in [0.25, 0.3) is 0 Å². The predicted octanol–water partition coefficient (Wildman–Crippen LogP) is 0.877. The van der Waals surface area contributed by atoms with E-state index in [4.69, 9.17) is 14.3 Å². The third-order valence-electron chi connectivity index (χ3n) is 2.08. The van der Waals surface area contributed by atoms with Crippen molar-refractivity contribution in [3.8, 4) is 5.95 Å². The summed E-state index contributed by atoms with van der Waals surface area (Å²) in [5.41, 5.74) is -0.419. The molecule has 0 aliphatic rings. The highest BCUT2D eigenvalue weighted by Crippen LogP contribution is 2.27. The number of hydrogen-bond acceptors (Lipinski definition) is 6. The Hall–Kier alpha value is -1.57. The molecule has 7 nitrogen and oxygen atoms in total. The van der Waals surface area contributed by atoms with Crippen molar-refractivity contribution in [1.29, 1.82) is 0 Å². The molecule has 0 aromatic carbocycles. The Morgan fingerprint density at radius 2 is 2.18 bits per heavy atom. The number of carbonyl (C=O) groups is 1. The maximum absolute atomic E-state index is 11.3. The number of rotatable bonds is 5. The summed E-state index contributed by atoms with van der Waals surface area (Å²) in [6.07, 6.45) is 1.02. The summed E-state index contributed by atoms with van der Waals surface area (Å²) in [5.74, 6) is -1.79. The molecule has 1 heterocycles. The van der Waals surface area contributed by atoms with Crippen molar-refractivity contribution in [3.05, 3.63) is 11.6 Å². The number of hydrogen-bond donors (Lipinski definition) is 1. The smallest absolute Gasteiger partial charge is 0.362 e. The van der Waals surface area contributed by atoms with Crippen molar-refractivity contribution in [2.24, 2.45) is 0 Å². The molecule has 17 heavy (non-hydrogen) atoms. The summed E-state index contributed by atoms with van der Waals surface area (Å²) < 4.78 is 32.5. The minimum Gasteiger partial charge on any atom is -0.476 e. The summed E-state index contributed by atoms with van der Waals surface area (Å²) in [7, 11) is -3.40. The van der Waals surface area contributed by atoms with Gasteiger partial charge in [-0.3, -0.25) is 0 Å². The summed E-state index contributed by atoms with van der Waals surface area (Å²) in [6, 6.07) is 0. The molecule has 0 aliphatic heterocycles. The summed E-state index contributed by atoms with van der Waals surface area (Å²) in [4.78, 5) is 14.5. The van der Waals surface area contributed by atoms with Crippen LogP contribution < -0.4 is 4.74 Å². The van der Waals surface area contributed by atoms with Crippen LogP contribution in [0.25, 0.3) is 0 Å². The first kappa shape index (κ1) is 13.5. The van der Waals surface area contributed by atoms with Crippen LogP contribution in [0, 0.1) is 0 Å². The highest BCUT2D eigenvalue weighted by atomic mass is 32.2. The van der Waals surface area contributed by atoms with E-state index >= 15 is 0 Å². The van der Waals surface area contributed by atoms with Gasteiger partial charge in [0.1, 0.15) is 5.25 Å². The van der Waals surface area contributed by atoms with Crippen molar-refractivity contribution in [1.82, 2.24) is 4.98 Å². The highest BCUT2D eigenvalue weighted by molar-refractivity contribution is 7.90. The van der Waals surface area contributed by atoms with Crippen LogP contribution >= 0.6 is 0 Å². The standard InChI is InChI=1S/C9H13NO6S/c1-4-15-9-6(8(11)12)10-7(16-9)5(2)17(3,13)14/h5H,4H2,1-3H3,(H,11,12). The normalized spacial score (nSPS) is 13.4. The molecule has 0 fully saturated rings. The Bertz CT molecular complexity index is 518. The molecule has 0 saturated carbocycles. The summed E-state index contributed by atoms with van der Waals surface area (Å²) in [5, 5.41) is 7.82. The van der Waals surface area contributed by atoms with Gasteiger partial charge in [0, 0.05) is 6.26 Å². The molecule has 0 aliphatic carbocycles. The van der Waals surface area contributed by atoms with Crippen molar-refractivity contribution < 1.29 is 27.5 Å². The van der Waals surface area contributed by atoms with Crippen molar-refractivity contribution in [3.63, 3.8) is 0 Å². The van der Waals surface area contributed by atoms with E-state index in [1.165, 1.54) is 6.92 Å². The third-order valence-corrected chi connectivity index (χ3v) is 3.57. The molecule has 0 spiro atoms. The maximum atomic E-state index is 11.3. The van der Waals surface area contributed by atoms with Crippen LogP contribution in [0.15, 0.2) is 4.42 Å². The van der Waals surface area contributed by atoms with E-state index in [0.29, 0.717) is 0 Å². The number of aromatic nitrogens is 1. The van der Waals surface area contributed by atoms with Crippen LogP contribution in [-0.2, 0) is 9.84 Å². The topological polar surface area (TPSA) is 107 Å². The summed E-state index contributed by atoms with van der Waals surface area (Å²) in [6.45, 7) is 3.21. The molecule has 0 amide bonds. The van der Waals surface area contributed by atoms with E-state index in [2.05, 4.69) is 4.98 Å². The molecule has 1 N–H and O–H groups in total. The minimum atomic E-state index is -3.40. The first-order valence-corrected chi connectivity index (χ1v) is 6.78. The minimum absolute atomic E-state index is 0.187. The number of aromatic carboxylic acids is 1. The predicted molar refractivity (Wildman–Crippen MR) is 57.9 cm³/mol. The van der Waals surface area contributed by atoms with E-state index in [1.807, 2.05) is 0 Å². The number of nitrogens with zero attached hydrogens (tertiary/aromatic N) is 1. The number of carboxylic acids is 1. The van der Waals surface area contributed by atoms with E-state index in [9.17, 15) is 13.2 Å². The lowest BCUT2D eigenvalue weighted by atomic mass is 10.4. The molecule has 1 unspecified atom stereocenters. The van der Waals surface area contributed by atoms with E-state index in [1.54, 1.807) is 6.92 Å². The molecule has 0 saturated heterocycles. The Kier molecular flexibility index (Phi) is 3.76. The van der Waals surface area contributed by atoms with Gasteiger partial charge in [-0.25, -0.2) is 18.2 Å². The fourth-order valence-corrected chi connectivity index (χ4v) is 1.51.